The Morgan fingerprint density at radius 2 is 1.59 bits per heavy atom. The van der Waals surface area contributed by atoms with E-state index >= 15 is 0 Å². The van der Waals surface area contributed by atoms with Crippen molar-refractivity contribution in [2.45, 2.75) is 4.90 Å². The highest BCUT2D eigenvalue weighted by Crippen LogP contribution is 2.32. The largest absolute Gasteiger partial charge is 0.286 e. The maximum atomic E-state index is 13.1. The molecule has 2 aromatic carbocycles. The van der Waals surface area contributed by atoms with Gasteiger partial charge in [-0.2, -0.15) is 17.6 Å². The fourth-order valence-corrected chi connectivity index (χ4v) is 4.26. The number of ketones is 2. The molecule has 3 aromatic rings. The van der Waals surface area contributed by atoms with Crippen LogP contribution in [-0.4, -0.2) is 34.1 Å². The summed E-state index contributed by atoms with van der Waals surface area (Å²) in [6.07, 6.45) is 2.21. The molecule has 9 nitrogen and oxygen atoms in total. The Bertz CT molecular complexity index is 1310. The van der Waals surface area contributed by atoms with Crippen molar-refractivity contribution in [3.05, 3.63) is 82.0 Å². The van der Waals surface area contributed by atoms with Crippen LogP contribution >= 0.6 is 0 Å². The number of allylic oxidation sites excluding steroid dienone is 1. The zero-order valence-corrected chi connectivity index (χ0v) is 15.4. The second-order valence-corrected chi connectivity index (χ2v) is 7.87. The number of fused-ring (bicyclic) bond motifs is 1. The van der Waals surface area contributed by atoms with Crippen LogP contribution in [0.25, 0.3) is 17.3 Å². The van der Waals surface area contributed by atoms with Crippen molar-refractivity contribution in [2.75, 3.05) is 0 Å². The Balaban J connectivity index is 1.97. The van der Waals surface area contributed by atoms with Gasteiger partial charge in [-0.3, -0.25) is 19.7 Å². The van der Waals surface area contributed by atoms with E-state index in [2.05, 4.69) is 5.10 Å². The number of carbonyl (C=O) groups is 2. The molecule has 0 amide bonds. The molecule has 0 N–H and O–H groups in total. The minimum atomic E-state index is -4.15. The summed E-state index contributed by atoms with van der Waals surface area (Å²) in [6, 6.07) is 12.6. The van der Waals surface area contributed by atoms with Crippen LogP contribution in [0.5, 0.6) is 0 Å². The lowest BCUT2D eigenvalue weighted by molar-refractivity contribution is -0.384. The summed E-state index contributed by atoms with van der Waals surface area (Å²) in [5.41, 5.74) is -0.165. The molecule has 0 fully saturated rings. The first-order valence-corrected chi connectivity index (χ1v) is 9.70. The smallest absolute Gasteiger partial charge is 0.283 e. The minimum Gasteiger partial charge on any atom is -0.286 e. The fraction of sp³-hybridized carbons (Fsp3) is 0. The molecule has 4 rings (SSSR count). The summed E-state index contributed by atoms with van der Waals surface area (Å²) in [5, 5.41) is 15.0. The van der Waals surface area contributed by atoms with Gasteiger partial charge in [0, 0.05) is 17.7 Å². The number of nitro groups is 1. The van der Waals surface area contributed by atoms with Crippen molar-refractivity contribution in [1.82, 2.24) is 9.19 Å². The number of hydrogen-bond acceptors (Lipinski definition) is 7. The number of nitrogens with zero attached hydrogens (tertiary/aromatic N) is 3. The van der Waals surface area contributed by atoms with E-state index < -0.39 is 26.5 Å². The lowest BCUT2D eigenvalue weighted by Crippen LogP contribution is -2.20. The van der Waals surface area contributed by atoms with E-state index in [9.17, 15) is 28.1 Å². The quantitative estimate of drug-likeness (QED) is 0.368. The molecule has 1 aliphatic carbocycles. The van der Waals surface area contributed by atoms with Gasteiger partial charge in [0.1, 0.15) is 5.69 Å². The first kappa shape index (κ1) is 18.4. The van der Waals surface area contributed by atoms with Gasteiger partial charge >= 0.3 is 0 Å². The summed E-state index contributed by atoms with van der Waals surface area (Å²) >= 11 is 0. The van der Waals surface area contributed by atoms with Crippen molar-refractivity contribution in [3.8, 4) is 11.3 Å². The number of hydrogen-bond donors (Lipinski definition) is 0. The minimum absolute atomic E-state index is 0.0432. The molecule has 0 bridgehead atoms. The Labute approximate surface area is 164 Å². The van der Waals surface area contributed by atoms with Crippen LogP contribution in [-0.2, 0) is 14.8 Å². The highest BCUT2D eigenvalue weighted by atomic mass is 32.2. The first-order valence-electron chi connectivity index (χ1n) is 8.26. The normalized spacial score (nSPS) is 13.4. The highest BCUT2D eigenvalue weighted by molar-refractivity contribution is 7.89. The molecule has 0 aliphatic heterocycles. The molecular weight excluding hydrogens is 398 g/mol. The molecule has 0 saturated carbocycles. The topological polar surface area (TPSA) is 129 Å². The van der Waals surface area contributed by atoms with Crippen molar-refractivity contribution >= 4 is 33.4 Å². The van der Waals surface area contributed by atoms with E-state index in [1.807, 2.05) is 0 Å². The second kappa shape index (κ2) is 6.60. The summed E-state index contributed by atoms with van der Waals surface area (Å²) in [5.74, 6) is -1.71. The van der Waals surface area contributed by atoms with Crippen LogP contribution in [0, 0.1) is 10.1 Å². The molecule has 1 aliphatic rings. The number of nitro benzene ring substituents is 1. The zero-order chi connectivity index (χ0) is 20.8. The van der Waals surface area contributed by atoms with Crippen molar-refractivity contribution < 1.29 is 22.9 Å². The molecule has 144 valence electrons. The SMILES string of the molecule is O=C1C=Cc2c(c(-c3ccc([N+](=O)[O-])cc3)nn2S(=O)(=O)c2ccccc2)C1=O. The van der Waals surface area contributed by atoms with E-state index in [0.29, 0.717) is 4.09 Å². The number of carbonyl (C=O) groups excluding carboxylic acids is 2. The maximum Gasteiger partial charge on any atom is 0.283 e. The summed E-state index contributed by atoms with van der Waals surface area (Å²) in [4.78, 5) is 34.6. The molecular formula is C19H11N3O6S. The van der Waals surface area contributed by atoms with Gasteiger partial charge in [0.25, 0.3) is 15.7 Å². The van der Waals surface area contributed by atoms with E-state index in [4.69, 9.17) is 0 Å². The van der Waals surface area contributed by atoms with Crippen LogP contribution in [0.15, 0.2) is 65.6 Å². The molecule has 0 unspecified atom stereocenters. The molecule has 0 atom stereocenters. The Hall–Kier alpha value is -3.92. The van der Waals surface area contributed by atoms with Crippen LogP contribution in [0.1, 0.15) is 16.1 Å². The third-order valence-corrected chi connectivity index (χ3v) is 5.96. The van der Waals surface area contributed by atoms with Gasteiger partial charge < -0.3 is 0 Å². The van der Waals surface area contributed by atoms with Crippen molar-refractivity contribution in [2.24, 2.45) is 0 Å². The summed E-state index contributed by atoms with van der Waals surface area (Å²) in [6.45, 7) is 0. The predicted octanol–water partition coefficient (Wildman–Crippen LogP) is 2.47. The lowest BCUT2D eigenvalue weighted by atomic mass is 9.96. The van der Waals surface area contributed by atoms with E-state index in [0.717, 1.165) is 6.08 Å². The second-order valence-electron chi connectivity index (χ2n) is 6.10. The van der Waals surface area contributed by atoms with Crippen molar-refractivity contribution in [1.29, 1.82) is 0 Å². The number of Topliss-reactive ketones (excluding diaryl/α,β-unsaturated/α-hetero) is 1. The average Bonchev–Trinajstić information content (AvgIpc) is 3.12. The van der Waals surface area contributed by atoms with Gasteiger partial charge in [-0.15, -0.1) is 0 Å². The average molecular weight is 409 g/mol. The Morgan fingerprint density at radius 1 is 0.931 bits per heavy atom. The van der Waals surface area contributed by atoms with Gasteiger partial charge in [-0.05, 0) is 36.4 Å². The van der Waals surface area contributed by atoms with Crippen LogP contribution in [0.2, 0.25) is 0 Å². The summed E-state index contributed by atoms with van der Waals surface area (Å²) in [7, 11) is -4.15. The highest BCUT2D eigenvalue weighted by Gasteiger charge is 2.34. The molecule has 0 spiro atoms. The van der Waals surface area contributed by atoms with E-state index in [-0.39, 0.29) is 33.1 Å². The molecule has 10 heteroatoms. The number of aromatic nitrogens is 2. The third-order valence-electron chi connectivity index (χ3n) is 4.35. The first-order chi connectivity index (χ1) is 13.8. The standard InChI is InChI=1S/C19H11N3O6S/c23-16-11-10-15-17(19(16)24)18(12-6-8-13(9-7-12)22(25)26)20-21(15)29(27,28)14-4-2-1-3-5-14/h1-11H. The van der Waals surface area contributed by atoms with Crippen molar-refractivity contribution in [3.63, 3.8) is 0 Å². The predicted molar refractivity (Wildman–Crippen MR) is 102 cm³/mol. The molecule has 29 heavy (non-hydrogen) atoms. The van der Waals surface area contributed by atoms with Gasteiger partial charge in [-0.1, -0.05) is 18.2 Å². The molecule has 0 radical (unpaired) electrons. The number of non-ortho nitro benzene ring substituents is 1. The Kier molecular flexibility index (Phi) is 4.20. The van der Waals surface area contributed by atoms with Gasteiger partial charge in [0.2, 0.25) is 11.6 Å². The zero-order valence-electron chi connectivity index (χ0n) is 14.6. The van der Waals surface area contributed by atoms with Gasteiger partial charge in [0.05, 0.1) is 21.1 Å². The number of benzene rings is 2. The monoisotopic (exact) mass is 409 g/mol. The third kappa shape index (κ3) is 2.95. The molecule has 0 saturated heterocycles. The fourth-order valence-electron chi connectivity index (χ4n) is 2.95. The summed E-state index contributed by atoms with van der Waals surface area (Å²) < 4.78 is 26.8. The van der Waals surface area contributed by atoms with Crippen LogP contribution in [0.3, 0.4) is 0 Å². The molecule has 1 aromatic heterocycles. The van der Waals surface area contributed by atoms with Crippen LogP contribution < -0.4 is 0 Å². The number of rotatable bonds is 4. The van der Waals surface area contributed by atoms with Gasteiger partial charge in [0.15, 0.2) is 0 Å². The molecule has 1 heterocycles. The van der Waals surface area contributed by atoms with E-state index in [1.54, 1.807) is 18.2 Å². The van der Waals surface area contributed by atoms with Crippen LogP contribution in [0.4, 0.5) is 5.69 Å². The van der Waals surface area contributed by atoms with E-state index in [1.165, 1.54) is 42.5 Å². The lowest BCUT2D eigenvalue weighted by Gasteiger charge is -2.09. The van der Waals surface area contributed by atoms with Gasteiger partial charge in [-0.25, -0.2) is 0 Å². The Morgan fingerprint density at radius 3 is 2.21 bits per heavy atom. The maximum absolute atomic E-state index is 13.1.